The van der Waals surface area contributed by atoms with E-state index in [1.165, 1.54) is 0 Å². The number of nitrogens with one attached hydrogen (secondary N) is 1. The third-order valence-electron chi connectivity index (χ3n) is 4.50. The number of fused-ring (bicyclic) bond motifs is 1. The molecule has 3 heterocycles. The zero-order valence-electron chi connectivity index (χ0n) is 15.0. The van der Waals surface area contributed by atoms with Crippen molar-refractivity contribution in [3.05, 3.63) is 72.6 Å². The molecule has 0 unspecified atom stereocenters. The van der Waals surface area contributed by atoms with Gasteiger partial charge in [0.1, 0.15) is 11.4 Å². The number of carbonyl (C=O) groups excluding carboxylic acids is 1. The number of aryl methyl sites for hydroxylation is 2. The molecule has 0 atom stereocenters. The van der Waals surface area contributed by atoms with Crippen LogP contribution < -0.4 is 5.32 Å². The molecule has 27 heavy (non-hydrogen) atoms. The molecule has 0 aliphatic heterocycles. The van der Waals surface area contributed by atoms with E-state index >= 15 is 0 Å². The van der Waals surface area contributed by atoms with Gasteiger partial charge in [-0.2, -0.15) is 5.10 Å². The minimum Gasteiger partial charge on any atom is -0.352 e. The first-order chi connectivity index (χ1) is 13.2. The SMILES string of the molecule is Cc1nccn1CCCNC(=O)c1cnn2c(-c3ccccc3)ccnc12. The van der Waals surface area contributed by atoms with Gasteiger partial charge in [-0.3, -0.25) is 4.79 Å². The highest BCUT2D eigenvalue weighted by atomic mass is 16.1. The van der Waals surface area contributed by atoms with E-state index < -0.39 is 0 Å². The van der Waals surface area contributed by atoms with Gasteiger partial charge in [0.2, 0.25) is 0 Å². The second-order valence-corrected chi connectivity index (χ2v) is 6.27. The van der Waals surface area contributed by atoms with E-state index in [-0.39, 0.29) is 5.91 Å². The van der Waals surface area contributed by atoms with E-state index in [1.54, 1.807) is 23.1 Å². The van der Waals surface area contributed by atoms with Gasteiger partial charge in [0.25, 0.3) is 5.91 Å². The van der Waals surface area contributed by atoms with Crippen molar-refractivity contribution in [2.45, 2.75) is 19.9 Å². The van der Waals surface area contributed by atoms with E-state index in [9.17, 15) is 4.79 Å². The molecule has 0 aliphatic carbocycles. The third-order valence-corrected chi connectivity index (χ3v) is 4.50. The lowest BCUT2D eigenvalue weighted by Gasteiger charge is -2.07. The van der Waals surface area contributed by atoms with E-state index in [0.29, 0.717) is 17.8 Å². The van der Waals surface area contributed by atoms with Crippen LogP contribution in [0.2, 0.25) is 0 Å². The molecule has 7 heteroatoms. The zero-order chi connectivity index (χ0) is 18.6. The Morgan fingerprint density at radius 1 is 1.11 bits per heavy atom. The molecule has 0 saturated heterocycles. The maximum atomic E-state index is 12.6. The Morgan fingerprint density at radius 3 is 2.74 bits per heavy atom. The summed E-state index contributed by atoms with van der Waals surface area (Å²) in [6.07, 6.45) is 7.83. The molecule has 0 spiro atoms. The van der Waals surface area contributed by atoms with Crippen LogP contribution in [0.15, 0.2) is 61.2 Å². The number of imidazole rings is 1. The van der Waals surface area contributed by atoms with Gasteiger partial charge >= 0.3 is 0 Å². The number of hydrogen-bond acceptors (Lipinski definition) is 4. The van der Waals surface area contributed by atoms with Crippen molar-refractivity contribution in [1.82, 2.24) is 29.5 Å². The number of hydrogen-bond donors (Lipinski definition) is 1. The van der Waals surface area contributed by atoms with Crippen LogP contribution in [0.1, 0.15) is 22.6 Å². The maximum absolute atomic E-state index is 12.6. The summed E-state index contributed by atoms with van der Waals surface area (Å²) in [5, 5.41) is 7.33. The molecule has 1 amide bonds. The molecule has 4 rings (SSSR count). The van der Waals surface area contributed by atoms with Gasteiger partial charge in [-0.1, -0.05) is 30.3 Å². The standard InChI is InChI=1S/C20H20N6O/c1-15-21-11-13-25(15)12-5-9-23-20(27)17-14-24-26-18(8-10-22-19(17)26)16-6-3-2-4-7-16/h2-4,6-8,10-11,13-14H,5,9,12H2,1H3,(H,23,27). The fraction of sp³-hybridized carbons (Fsp3) is 0.200. The Labute approximate surface area is 156 Å². The number of benzene rings is 1. The van der Waals surface area contributed by atoms with Crippen LogP contribution >= 0.6 is 0 Å². The van der Waals surface area contributed by atoms with Crippen LogP contribution in [0.3, 0.4) is 0 Å². The highest BCUT2D eigenvalue weighted by molar-refractivity contribution is 5.99. The number of amides is 1. The minimum atomic E-state index is -0.162. The Kier molecular flexibility index (Phi) is 4.65. The summed E-state index contributed by atoms with van der Waals surface area (Å²) >= 11 is 0. The summed E-state index contributed by atoms with van der Waals surface area (Å²) in [4.78, 5) is 21.1. The summed E-state index contributed by atoms with van der Waals surface area (Å²) < 4.78 is 3.77. The Hall–Kier alpha value is -3.48. The Morgan fingerprint density at radius 2 is 1.96 bits per heavy atom. The normalized spacial score (nSPS) is 11.0. The first-order valence-corrected chi connectivity index (χ1v) is 8.88. The second-order valence-electron chi connectivity index (χ2n) is 6.27. The molecule has 0 radical (unpaired) electrons. The highest BCUT2D eigenvalue weighted by Crippen LogP contribution is 2.20. The molecule has 136 valence electrons. The van der Waals surface area contributed by atoms with Crippen LogP contribution in [-0.2, 0) is 6.54 Å². The van der Waals surface area contributed by atoms with Crippen LogP contribution in [0, 0.1) is 6.92 Å². The van der Waals surface area contributed by atoms with Gasteiger partial charge < -0.3 is 9.88 Å². The molecule has 0 bridgehead atoms. The predicted octanol–water partition coefficient (Wildman–Crippen LogP) is 2.72. The van der Waals surface area contributed by atoms with Crippen molar-refractivity contribution in [1.29, 1.82) is 0 Å². The quantitative estimate of drug-likeness (QED) is 0.536. The average Bonchev–Trinajstić information content (AvgIpc) is 3.32. The molecule has 3 aromatic heterocycles. The van der Waals surface area contributed by atoms with Crippen molar-refractivity contribution in [2.24, 2.45) is 0 Å². The lowest BCUT2D eigenvalue weighted by Crippen LogP contribution is -2.25. The topological polar surface area (TPSA) is 77.1 Å². The van der Waals surface area contributed by atoms with Crippen molar-refractivity contribution in [3.63, 3.8) is 0 Å². The molecular formula is C20H20N6O. The van der Waals surface area contributed by atoms with Crippen LogP contribution in [0.25, 0.3) is 16.9 Å². The van der Waals surface area contributed by atoms with Crippen molar-refractivity contribution >= 4 is 11.6 Å². The fourth-order valence-corrected chi connectivity index (χ4v) is 3.07. The maximum Gasteiger partial charge on any atom is 0.256 e. The van der Waals surface area contributed by atoms with Crippen molar-refractivity contribution in [2.75, 3.05) is 6.54 Å². The van der Waals surface area contributed by atoms with E-state index in [1.807, 2.05) is 49.5 Å². The second kappa shape index (κ2) is 7.41. The van der Waals surface area contributed by atoms with Crippen molar-refractivity contribution in [3.8, 4) is 11.3 Å². The average molecular weight is 360 g/mol. The summed E-state index contributed by atoms with van der Waals surface area (Å²) in [6, 6.07) is 11.8. The lowest BCUT2D eigenvalue weighted by molar-refractivity contribution is 0.0954. The molecule has 7 nitrogen and oxygen atoms in total. The van der Waals surface area contributed by atoms with E-state index in [2.05, 4.69) is 25.0 Å². The lowest BCUT2D eigenvalue weighted by atomic mass is 10.1. The number of aromatic nitrogens is 5. The van der Waals surface area contributed by atoms with Gasteiger partial charge in [-0.15, -0.1) is 0 Å². The highest BCUT2D eigenvalue weighted by Gasteiger charge is 2.15. The zero-order valence-corrected chi connectivity index (χ0v) is 15.0. The molecule has 1 N–H and O–H groups in total. The Bertz CT molecular complexity index is 1070. The molecule has 0 aliphatic rings. The van der Waals surface area contributed by atoms with E-state index in [4.69, 9.17) is 0 Å². The fourth-order valence-electron chi connectivity index (χ4n) is 3.07. The van der Waals surface area contributed by atoms with Gasteiger partial charge in [0.05, 0.1) is 11.9 Å². The number of carbonyl (C=O) groups is 1. The summed E-state index contributed by atoms with van der Waals surface area (Å²) in [5.74, 6) is 0.812. The molecular weight excluding hydrogens is 340 g/mol. The number of rotatable bonds is 6. The van der Waals surface area contributed by atoms with Crippen LogP contribution in [-0.4, -0.2) is 36.6 Å². The summed E-state index contributed by atoms with van der Waals surface area (Å²) in [6.45, 7) is 3.36. The van der Waals surface area contributed by atoms with Gasteiger partial charge in [0, 0.05) is 37.2 Å². The molecule has 0 fully saturated rings. The van der Waals surface area contributed by atoms with Crippen LogP contribution in [0.5, 0.6) is 0 Å². The van der Waals surface area contributed by atoms with Gasteiger partial charge in [-0.25, -0.2) is 14.5 Å². The predicted molar refractivity (Wildman–Crippen MR) is 102 cm³/mol. The Balaban J connectivity index is 1.47. The third kappa shape index (κ3) is 3.44. The van der Waals surface area contributed by atoms with Crippen molar-refractivity contribution < 1.29 is 4.79 Å². The van der Waals surface area contributed by atoms with Gasteiger partial charge in [0.15, 0.2) is 5.65 Å². The minimum absolute atomic E-state index is 0.162. The monoisotopic (exact) mass is 360 g/mol. The summed E-state index contributed by atoms with van der Waals surface area (Å²) in [5.41, 5.74) is 2.96. The first kappa shape index (κ1) is 17.0. The summed E-state index contributed by atoms with van der Waals surface area (Å²) in [7, 11) is 0. The van der Waals surface area contributed by atoms with E-state index in [0.717, 1.165) is 30.0 Å². The molecule has 4 aromatic rings. The molecule has 0 saturated carbocycles. The largest absolute Gasteiger partial charge is 0.352 e. The number of nitrogens with zero attached hydrogens (tertiary/aromatic N) is 5. The smallest absolute Gasteiger partial charge is 0.256 e. The molecule has 1 aromatic carbocycles. The van der Waals surface area contributed by atoms with Gasteiger partial charge in [-0.05, 0) is 19.4 Å². The van der Waals surface area contributed by atoms with Crippen LogP contribution in [0.4, 0.5) is 0 Å². The first-order valence-electron chi connectivity index (χ1n) is 8.88.